The molecule has 0 bridgehead atoms. The second kappa shape index (κ2) is 10.2. The molecular formula is C28H36N4. The van der Waals surface area contributed by atoms with E-state index in [4.69, 9.17) is 0 Å². The van der Waals surface area contributed by atoms with E-state index >= 15 is 0 Å². The fourth-order valence-corrected chi connectivity index (χ4v) is 4.54. The second-order valence-electron chi connectivity index (χ2n) is 9.17. The molecule has 3 aromatic carbocycles. The van der Waals surface area contributed by atoms with Crippen LogP contribution in [0.2, 0.25) is 0 Å². The van der Waals surface area contributed by atoms with Gasteiger partial charge in [0.25, 0.3) is 0 Å². The summed E-state index contributed by atoms with van der Waals surface area (Å²) in [7, 11) is 8.38. The average Bonchev–Trinajstić information content (AvgIpc) is 2.82. The molecule has 0 amide bonds. The van der Waals surface area contributed by atoms with Crippen LogP contribution in [0.1, 0.15) is 22.7 Å². The van der Waals surface area contributed by atoms with E-state index in [0.29, 0.717) is 0 Å². The summed E-state index contributed by atoms with van der Waals surface area (Å²) in [6.07, 6.45) is 0. The smallest absolute Gasteiger partial charge is 0.0602 e. The van der Waals surface area contributed by atoms with Crippen LogP contribution in [-0.4, -0.2) is 64.2 Å². The number of hydrogen-bond donors (Lipinski definition) is 0. The largest absolute Gasteiger partial charge is 0.378 e. The van der Waals surface area contributed by atoms with Crippen LogP contribution in [0.15, 0.2) is 78.9 Å². The molecule has 168 valence electrons. The van der Waals surface area contributed by atoms with Crippen molar-refractivity contribution in [2.45, 2.75) is 12.6 Å². The Morgan fingerprint density at radius 3 is 1.53 bits per heavy atom. The van der Waals surface area contributed by atoms with Crippen LogP contribution in [0.3, 0.4) is 0 Å². The Balaban J connectivity index is 1.54. The van der Waals surface area contributed by atoms with E-state index in [1.165, 1.54) is 28.1 Å². The molecule has 0 N–H and O–H groups in total. The minimum atomic E-state index is 0.279. The van der Waals surface area contributed by atoms with E-state index in [0.717, 1.165) is 32.7 Å². The maximum Gasteiger partial charge on any atom is 0.0602 e. The van der Waals surface area contributed by atoms with E-state index in [-0.39, 0.29) is 6.04 Å². The molecule has 1 heterocycles. The Bertz CT molecular complexity index is 905. The Morgan fingerprint density at radius 2 is 1.09 bits per heavy atom. The molecule has 0 radical (unpaired) electrons. The number of hydrogen-bond acceptors (Lipinski definition) is 4. The van der Waals surface area contributed by atoms with Crippen LogP contribution >= 0.6 is 0 Å². The van der Waals surface area contributed by atoms with Gasteiger partial charge in [0.1, 0.15) is 0 Å². The molecule has 0 spiro atoms. The first-order valence-corrected chi connectivity index (χ1v) is 11.6. The average molecular weight is 429 g/mol. The first-order chi connectivity index (χ1) is 15.5. The minimum Gasteiger partial charge on any atom is -0.378 e. The molecule has 0 aliphatic carbocycles. The molecule has 3 aromatic rings. The number of piperazine rings is 1. The fraction of sp³-hybridized carbons (Fsp3) is 0.357. The molecule has 4 nitrogen and oxygen atoms in total. The third kappa shape index (κ3) is 5.32. The van der Waals surface area contributed by atoms with Gasteiger partial charge in [-0.05, 0) is 41.0 Å². The highest BCUT2D eigenvalue weighted by Gasteiger charge is 2.26. The lowest BCUT2D eigenvalue weighted by molar-refractivity contribution is 0.105. The van der Waals surface area contributed by atoms with Gasteiger partial charge < -0.3 is 9.80 Å². The summed E-state index contributed by atoms with van der Waals surface area (Å²) in [4.78, 5) is 9.55. The minimum absolute atomic E-state index is 0.279. The van der Waals surface area contributed by atoms with E-state index in [1.54, 1.807) is 0 Å². The van der Waals surface area contributed by atoms with Crippen molar-refractivity contribution in [2.24, 2.45) is 0 Å². The molecule has 0 atom stereocenters. The first-order valence-electron chi connectivity index (χ1n) is 11.6. The standard InChI is InChI=1S/C28H36N4/c1-29(2)26-14-10-24(11-15-26)28(25-12-16-27(17-13-25)30(3)4)32-20-18-31(19-21-32)22-23-8-6-5-7-9-23/h5-17,28H,18-22H2,1-4H3. The van der Waals surface area contributed by atoms with E-state index < -0.39 is 0 Å². The van der Waals surface area contributed by atoms with Gasteiger partial charge in [-0.3, -0.25) is 9.80 Å². The quantitative estimate of drug-likeness (QED) is 0.539. The zero-order valence-corrected chi connectivity index (χ0v) is 19.9. The summed E-state index contributed by atoms with van der Waals surface area (Å²) in [5.74, 6) is 0. The summed E-state index contributed by atoms with van der Waals surface area (Å²) >= 11 is 0. The first kappa shape index (κ1) is 22.4. The number of rotatable bonds is 7. The Labute approximate surface area is 193 Å². The highest BCUT2D eigenvalue weighted by atomic mass is 15.3. The van der Waals surface area contributed by atoms with Gasteiger partial charge in [0.05, 0.1) is 6.04 Å². The van der Waals surface area contributed by atoms with Crippen molar-refractivity contribution in [1.29, 1.82) is 0 Å². The van der Waals surface area contributed by atoms with Gasteiger partial charge >= 0.3 is 0 Å². The highest BCUT2D eigenvalue weighted by molar-refractivity contribution is 5.50. The van der Waals surface area contributed by atoms with Crippen LogP contribution in [0, 0.1) is 0 Å². The molecule has 1 aliphatic rings. The van der Waals surface area contributed by atoms with Gasteiger partial charge in [-0.15, -0.1) is 0 Å². The normalized spacial score (nSPS) is 15.2. The van der Waals surface area contributed by atoms with Crippen molar-refractivity contribution in [3.8, 4) is 0 Å². The molecule has 0 aromatic heterocycles. The van der Waals surface area contributed by atoms with Crippen LogP contribution in [0.5, 0.6) is 0 Å². The van der Waals surface area contributed by atoms with Gasteiger partial charge in [0, 0.05) is 72.3 Å². The highest BCUT2D eigenvalue weighted by Crippen LogP contribution is 2.32. The van der Waals surface area contributed by atoms with E-state index in [2.05, 4.69) is 127 Å². The molecule has 32 heavy (non-hydrogen) atoms. The third-order valence-corrected chi connectivity index (χ3v) is 6.47. The maximum absolute atomic E-state index is 2.65. The maximum atomic E-state index is 2.65. The summed E-state index contributed by atoms with van der Waals surface area (Å²) < 4.78 is 0. The van der Waals surface area contributed by atoms with Gasteiger partial charge in [-0.2, -0.15) is 0 Å². The molecule has 4 rings (SSSR count). The monoisotopic (exact) mass is 428 g/mol. The lowest BCUT2D eigenvalue weighted by Crippen LogP contribution is -2.47. The van der Waals surface area contributed by atoms with Crippen LogP contribution < -0.4 is 9.80 Å². The fourth-order valence-electron chi connectivity index (χ4n) is 4.54. The summed E-state index contributed by atoms with van der Waals surface area (Å²) in [5.41, 5.74) is 6.61. The lowest BCUT2D eigenvalue weighted by Gasteiger charge is -2.40. The van der Waals surface area contributed by atoms with Gasteiger partial charge in [-0.25, -0.2) is 0 Å². The van der Waals surface area contributed by atoms with Crippen LogP contribution in [0.4, 0.5) is 11.4 Å². The van der Waals surface area contributed by atoms with Crippen molar-refractivity contribution in [3.63, 3.8) is 0 Å². The number of benzene rings is 3. The van der Waals surface area contributed by atoms with Crippen molar-refractivity contribution in [3.05, 3.63) is 95.6 Å². The Hall–Kier alpha value is -2.82. The van der Waals surface area contributed by atoms with Crippen molar-refractivity contribution < 1.29 is 0 Å². The predicted molar refractivity (Wildman–Crippen MR) is 137 cm³/mol. The molecule has 0 unspecified atom stereocenters. The molecule has 1 saturated heterocycles. The van der Waals surface area contributed by atoms with Gasteiger partial charge in [-0.1, -0.05) is 54.6 Å². The lowest BCUT2D eigenvalue weighted by atomic mass is 9.95. The van der Waals surface area contributed by atoms with Crippen molar-refractivity contribution >= 4 is 11.4 Å². The molecule has 1 fully saturated rings. The van der Waals surface area contributed by atoms with Gasteiger partial charge in [0.15, 0.2) is 0 Å². The van der Waals surface area contributed by atoms with Crippen LogP contribution in [0.25, 0.3) is 0 Å². The number of anilines is 2. The molecule has 4 heteroatoms. The zero-order valence-electron chi connectivity index (χ0n) is 19.9. The van der Waals surface area contributed by atoms with Crippen molar-refractivity contribution in [2.75, 3.05) is 64.2 Å². The third-order valence-electron chi connectivity index (χ3n) is 6.47. The molecule has 1 aliphatic heterocycles. The topological polar surface area (TPSA) is 13.0 Å². The van der Waals surface area contributed by atoms with Gasteiger partial charge in [0.2, 0.25) is 0 Å². The molecule has 0 saturated carbocycles. The number of nitrogens with zero attached hydrogens (tertiary/aromatic N) is 4. The van der Waals surface area contributed by atoms with E-state index in [9.17, 15) is 0 Å². The molecular weight excluding hydrogens is 392 g/mol. The summed E-state index contributed by atoms with van der Waals surface area (Å²) in [5, 5.41) is 0. The zero-order chi connectivity index (χ0) is 22.5. The van der Waals surface area contributed by atoms with Crippen molar-refractivity contribution in [1.82, 2.24) is 9.80 Å². The predicted octanol–water partition coefficient (Wildman–Crippen LogP) is 4.73. The SMILES string of the molecule is CN(C)c1ccc(C(c2ccc(N(C)C)cc2)N2CCN(Cc3ccccc3)CC2)cc1. The second-order valence-corrected chi connectivity index (χ2v) is 9.17. The summed E-state index contributed by atoms with van der Waals surface area (Å²) in [6.45, 7) is 5.37. The Morgan fingerprint density at radius 1 is 0.625 bits per heavy atom. The van der Waals surface area contributed by atoms with Crippen LogP contribution in [-0.2, 0) is 6.54 Å². The Kier molecular flexibility index (Phi) is 7.13. The summed E-state index contributed by atoms with van der Waals surface area (Å²) in [6, 6.07) is 29.3. The van der Waals surface area contributed by atoms with E-state index in [1.807, 2.05) is 0 Å².